The van der Waals surface area contributed by atoms with Crippen LogP contribution >= 0.6 is 0 Å². The van der Waals surface area contributed by atoms with Gasteiger partial charge in [0.25, 0.3) is 0 Å². The number of benzene rings is 1. The van der Waals surface area contributed by atoms with Gasteiger partial charge < -0.3 is 5.32 Å². The Morgan fingerprint density at radius 1 is 1.18 bits per heavy atom. The minimum atomic E-state index is -0.645. The van der Waals surface area contributed by atoms with Crippen molar-refractivity contribution in [1.82, 2.24) is 9.97 Å². The van der Waals surface area contributed by atoms with Crippen LogP contribution < -0.4 is 5.32 Å². The average molecular weight is 235 g/mol. The maximum absolute atomic E-state index is 13.5. The van der Waals surface area contributed by atoms with Crippen LogP contribution in [0.1, 0.15) is 6.92 Å². The largest absolute Gasteiger partial charge is 0.369 e. The van der Waals surface area contributed by atoms with Gasteiger partial charge in [-0.1, -0.05) is 6.07 Å². The van der Waals surface area contributed by atoms with Crippen molar-refractivity contribution in [3.8, 4) is 11.3 Å². The highest BCUT2D eigenvalue weighted by Gasteiger charge is 2.12. The molecule has 0 radical (unpaired) electrons. The van der Waals surface area contributed by atoms with Crippen LogP contribution in [0.3, 0.4) is 0 Å². The number of hydrogen-bond donors (Lipinski definition) is 1. The van der Waals surface area contributed by atoms with E-state index < -0.39 is 11.6 Å². The van der Waals surface area contributed by atoms with E-state index in [1.165, 1.54) is 30.6 Å². The predicted molar refractivity (Wildman–Crippen MR) is 61.5 cm³/mol. The highest BCUT2D eigenvalue weighted by molar-refractivity contribution is 5.61. The topological polar surface area (TPSA) is 37.8 Å². The maximum atomic E-state index is 13.5. The summed E-state index contributed by atoms with van der Waals surface area (Å²) >= 11 is 0. The first-order chi connectivity index (χ1) is 8.22. The summed E-state index contributed by atoms with van der Waals surface area (Å²) in [4.78, 5) is 8.00. The second-order valence-electron chi connectivity index (χ2n) is 3.42. The molecule has 2 aromatic rings. The standard InChI is InChI=1S/C12H11F2N3/c1-2-16-11-7-15-6-10(17-11)12-8(13)4-3-5-9(12)14/h3-7H,2H2,1H3,(H,16,17). The Morgan fingerprint density at radius 3 is 2.53 bits per heavy atom. The van der Waals surface area contributed by atoms with Crippen molar-refractivity contribution in [1.29, 1.82) is 0 Å². The van der Waals surface area contributed by atoms with E-state index in [4.69, 9.17) is 0 Å². The molecule has 1 aromatic heterocycles. The molecule has 0 aliphatic rings. The number of nitrogens with zero attached hydrogens (tertiary/aromatic N) is 2. The van der Waals surface area contributed by atoms with Crippen LogP contribution in [0.2, 0.25) is 0 Å². The normalized spacial score (nSPS) is 10.3. The fourth-order valence-electron chi connectivity index (χ4n) is 1.50. The first-order valence-electron chi connectivity index (χ1n) is 5.22. The quantitative estimate of drug-likeness (QED) is 0.888. The summed E-state index contributed by atoms with van der Waals surface area (Å²) in [5, 5.41) is 2.94. The summed E-state index contributed by atoms with van der Waals surface area (Å²) < 4.78 is 27.1. The Kier molecular flexibility index (Phi) is 3.27. The number of halogens is 2. The predicted octanol–water partition coefficient (Wildman–Crippen LogP) is 2.85. The monoisotopic (exact) mass is 235 g/mol. The van der Waals surface area contributed by atoms with Gasteiger partial charge >= 0.3 is 0 Å². The minimum absolute atomic E-state index is 0.153. The SMILES string of the molecule is CCNc1cncc(-c2c(F)cccc2F)n1. The van der Waals surface area contributed by atoms with Gasteiger partial charge in [0.2, 0.25) is 0 Å². The minimum Gasteiger partial charge on any atom is -0.369 e. The Labute approximate surface area is 97.5 Å². The molecule has 0 fully saturated rings. The van der Waals surface area contributed by atoms with Crippen molar-refractivity contribution >= 4 is 5.82 Å². The Bertz CT molecular complexity index is 509. The first kappa shape index (κ1) is 11.4. The molecule has 0 unspecified atom stereocenters. The molecule has 3 nitrogen and oxygen atoms in total. The van der Waals surface area contributed by atoms with Gasteiger partial charge in [0.05, 0.1) is 23.7 Å². The Hall–Kier alpha value is -2.04. The van der Waals surface area contributed by atoms with Gasteiger partial charge in [-0.05, 0) is 19.1 Å². The lowest BCUT2D eigenvalue weighted by Gasteiger charge is -2.06. The Morgan fingerprint density at radius 2 is 1.88 bits per heavy atom. The van der Waals surface area contributed by atoms with Crippen LogP contribution in [0, 0.1) is 11.6 Å². The van der Waals surface area contributed by atoms with Gasteiger partial charge in [-0.15, -0.1) is 0 Å². The van der Waals surface area contributed by atoms with Crippen molar-refractivity contribution in [2.75, 3.05) is 11.9 Å². The number of aromatic nitrogens is 2. The van der Waals surface area contributed by atoms with Crippen molar-refractivity contribution in [3.63, 3.8) is 0 Å². The lowest BCUT2D eigenvalue weighted by atomic mass is 10.1. The molecule has 0 saturated heterocycles. The van der Waals surface area contributed by atoms with Crippen LogP contribution in [0.5, 0.6) is 0 Å². The molecule has 17 heavy (non-hydrogen) atoms. The highest BCUT2D eigenvalue weighted by Crippen LogP contribution is 2.24. The summed E-state index contributed by atoms with van der Waals surface area (Å²) in [6, 6.07) is 3.70. The second kappa shape index (κ2) is 4.86. The molecule has 0 atom stereocenters. The van der Waals surface area contributed by atoms with Gasteiger partial charge in [-0.25, -0.2) is 13.8 Å². The van der Waals surface area contributed by atoms with Gasteiger partial charge in [-0.2, -0.15) is 0 Å². The molecule has 2 rings (SSSR count). The summed E-state index contributed by atoms with van der Waals surface area (Å²) in [6.07, 6.45) is 2.84. The lowest BCUT2D eigenvalue weighted by Crippen LogP contribution is -2.01. The molecule has 0 aliphatic heterocycles. The number of hydrogen-bond acceptors (Lipinski definition) is 3. The van der Waals surface area contributed by atoms with E-state index in [9.17, 15) is 8.78 Å². The van der Waals surface area contributed by atoms with Crippen LogP contribution in [0.25, 0.3) is 11.3 Å². The molecule has 0 saturated carbocycles. The van der Waals surface area contributed by atoms with Crippen LogP contribution in [0.15, 0.2) is 30.6 Å². The van der Waals surface area contributed by atoms with E-state index in [-0.39, 0.29) is 11.3 Å². The molecule has 1 heterocycles. The molecule has 0 spiro atoms. The molecule has 88 valence electrons. The second-order valence-corrected chi connectivity index (χ2v) is 3.42. The van der Waals surface area contributed by atoms with E-state index in [1.807, 2.05) is 6.92 Å². The third kappa shape index (κ3) is 2.38. The third-order valence-electron chi connectivity index (χ3n) is 2.21. The molecule has 0 aliphatic carbocycles. The fourth-order valence-corrected chi connectivity index (χ4v) is 1.50. The van der Waals surface area contributed by atoms with E-state index in [0.717, 1.165) is 0 Å². The van der Waals surface area contributed by atoms with Crippen LogP contribution in [0.4, 0.5) is 14.6 Å². The van der Waals surface area contributed by atoms with Crippen molar-refractivity contribution in [2.45, 2.75) is 6.92 Å². The zero-order valence-electron chi connectivity index (χ0n) is 9.24. The molecular weight excluding hydrogens is 224 g/mol. The van der Waals surface area contributed by atoms with E-state index in [1.54, 1.807) is 0 Å². The van der Waals surface area contributed by atoms with Gasteiger partial charge in [0.1, 0.15) is 17.5 Å². The molecule has 1 N–H and O–H groups in total. The molecule has 5 heteroatoms. The number of rotatable bonds is 3. The molecule has 1 aromatic carbocycles. The fraction of sp³-hybridized carbons (Fsp3) is 0.167. The highest BCUT2D eigenvalue weighted by atomic mass is 19.1. The maximum Gasteiger partial charge on any atom is 0.145 e. The van der Waals surface area contributed by atoms with Gasteiger partial charge in [0, 0.05) is 6.54 Å². The summed E-state index contributed by atoms with van der Waals surface area (Å²) in [5.74, 6) is -0.798. The number of anilines is 1. The van der Waals surface area contributed by atoms with Gasteiger partial charge in [0.15, 0.2) is 0 Å². The zero-order valence-corrected chi connectivity index (χ0v) is 9.24. The summed E-state index contributed by atoms with van der Waals surface area (Å²) in [7, 11) is 0. The van der Waals surface area contributed by atoms with E-state index in [0.29, 0.717) is 12.4 Å². The lowest BCUT2D eigenvalue weighted by molar-refractivity contribution is 0.588. The van der Waals surface area contributed by atoms with Crippen molar-refractivity contribution < 1.29 is 8.78 Å². The smallest absolute Gasteiger partial charge is 0.145 e. The third-order valence-corrected chi connectivity index (χ3v) is 2.21. The zero-order chi connectivity index (χ0) is 12.3. The molecule has 0 amide bonds. The Balaban J connectivity index is 2.49. The summed E-state index contributed by atoms with van der Waals surface area (Å²) in [5.41, 5.74) is 0.0267. The van der Waals surface area contributed by atoms with E-state index >= 15 is 0 Å². The van der Waals surface area contributed by atoms with Crippen LogP contribution in [-0.4, -0.2) is 16.5 Å². The number of nitrogens with one attached hydrogen (secondary N) is 1. The van der Waals surface area contributed by atoms with Crippen LogP contribution in [-0.2, 0) is 0 Å². The van der Waals surface area contributed by atoms with Crippen molar-refractivity contribution in [3.05, 3.63) is 42.2 Å². The molecule has 0 bridgehead atoms. The van der Waals surface area contributed by atoms with E-state index in [2.05, 4.69) is 15.3 Å². The first-order valence-corrected chi connectivity index (χ1v) is 5.22. The summed E-state index contributed by atoms with van der Waals surface area (Å²) in [6.45, 7) is 2.57. The van der Waals surface area contributed by atoms with Gasteiger partial charge in [-0.3, -0.25) is 4.98 Å². The average Bonchev–Trinajstić information content (AvgIpc) is 2.30. The van der Waals surface area contributed by atoms with Crippen molar-refractivity contribution in [2.24, 2.45) is 0 Å². The molecular formula is C12H11F2N3.